The molecule has 4 nitrogen and oxygen atoms in total. The van der Waals surface area contributed by atoms with Crippen LogP contribution in [0.1, 0.15) is 90.4 Å². The fraction of sp³-hybridized carbons (Fsp3) is 0.870. The second kappa shape index (κ2) is 13.3. The molecule has 4 atom stereocenters. The van der Waals surface area contributed by atoms with E-state index in [4.69, 9.17) is 14.6 Å². The highest BCUT2D eigenvalue weighted by molar-refractivity contribution is 5.66. The molecule has 0 aliphatic carbocycles. The quantitative estimate of drug-likeness (QED) is 0.274. The van der Waals surface area contributed by atoms with Gasteiger partial charge < -0.3 is 14.6 Å². The minimum atomic E-state index is -0.699. The van der Waals surface area contributed by atoms with Crippen LogP contribution in [0, 0.1) is 11.8 Å². The predicted octanol–water partition coefficient (Wildman–Crippen LogP) is 5.75. The highest BCUT2D eigenvalue weighted by atomic mass is 16.5. The zero-order valence-corrected chi connectivity index (χ0v) is 17.2. The van der Waals surface area contributed by atoms with Gasteiger partial charge in [-0.1, -0.05) is 44.8 Å². The maximum Gasteiger partial charge on any atom is 0.303 e. The molecule has 2 bridgehead atoms. The number of carboxylic acids is 1. The second-order valence-corrected chi connectivity index (χ2v) is 8.28. The highest BCUT2D eigenvalue weighted by Gasteiger charge is 2.47. The van der Waals surface area contributed by atoms with Crippen molar-refractivity contribution in [2.24, 2.45) is 11.8 Å². The highest BCUT2D eigenvalue weighted by Crippen LogP contribution is 2.47. The van der Waals surface area contributed by atoms with Gasteiger partial charge in [0.2, 0.25) is 0 Å². The molecule has 0 radical (unpaired) electrons. The number of fused-ring (bicyclic) bond motifs is 2. The van der Waals surface area contributed by atoms with Gasteiger partial charge in [0.1, 0.15) is 0 Å². The van der Waals surface area contributed by atoms with Crippen molar-refractivity contribution in [3.05, 3.63) is 12.2 Å². The fourth-order valence-corrected chi connectivity index (χ4v) is 4.66. The first-order chi connectivity index (χ1) is 13.2. The van der Waals surface area contributed by atoms with Crippen molar-refractivity contribution in [2.75, 3.05) is 13.2 Å². The van der Waals surface area contributed by atoms with Crippen LogP contribution < -0.4 is 0 Å². The SMILES string of the molecule is CCCCCCOCCCC[C@@H]1[C@H](C/C=C\CCCC(=O)O)[C@@H]2CC[C@H]1O2. The summed E-state index contributed by atoms with van der Waals surface area (Å²) in [5.41, 5.74) is 0. The van der Waals surface area contributed by atoms with Crippen LogP contribution in [-0.2, 0) is 14.3 Å². The Bertz CT molecular complexity index is 434. The van der Waals surface area contributed by atoms with E-state index < -0.39 is 5.97 Å². The van der Waals surface area contributed by atoms with Crippen molar-refractivity contribution in [3.63, 3.8) is 0 Å². The van der Waals surface area contributed by atoms with Crippen molar-refractivity contribution in [3.8, 4) is 0 Å². The Morgan fingerprint density at radius 2 is 1.74 bits per heavy atom. The van der Waals surface area contributed by atoms with Crippen molar-refractivity contribution in [1.29, 1.82) is 0 Å². The maximum atomic E-state index is 10.5. The summed E-state index contributed by atoms with van der Waals surface area (Å²) in [6, 6.07) is 0. The van der Waals surface area contributed by atoms with Gasteiger partial charge in [0.05, 0.1) is 12.2 Å². The molecular formula is C23H40O4. The van der Waals surface area contributed by atoms with E-state index in [0.717, 1.165) is 32.5 Å². The Kier molecular flexibility index (Phi) is 11.1. The van der Waals surface area contributed by atoms with Gasteiger partial charge in [-0.25, -0.2) is 0 Å². The summed E-state index contributed by atoms with van der Waals surface area (Å²) in [4.78, 5) is 10.5. The number of unbranched alkanes of at least 4 members (excludes halogenated alkanes) is 5. The number of carbonyl (C=O) groups is 1. The number of allylic oxidation sites excluding steroid dienone is 2. The minimum absolute atomic E-state index is 0.269. The normalized spacial score (nSPS) is 27.0. The summed E-state index contributed by atoms with van der Waals surface area (Å²) < 4.78 is 12.0. The molecule has 0 unspecified atom stereocenters. The first kappa shape index (κ1) is 22.4. The summed E-state index contributed by atoms with van der Waals surface area (Å²) in [6.07, 6.45) is 19.6. The molecule has 2 heterocycles. The van der Waals surface area contributed by atoms with Gasteiger partial charge in [-0.3, -0.25) is 4.79 Å². The lowest BCUT2D eigenvalue weighted by atomic mass is 9.75. The van der Waals surface area contributed by atoms with E-state index in [0.29, 0.717) is 24.0 Å². The van der Waals surface area contributed by atoms with Crippen molar-refractivity contribution in [2.45, 2.75) is 103 Å². The number of ether oxygens (including phenoxy) is 2. The summed E-state index contributed by atoms with van der Waals surface area (Å²) >= 11 is 0. The van der Waals surface area contributed by atoms with E-state index in [1.807, 2.05) is 0 Å². The second-order valence-electron chi connectivity index (χ2n) is 8.28. The Labute approximate surface area is 165 Å². The van der Waals surface area contributed by atoms with E-state index >= 15 is 0 Å². The minimum Gasteiger partial charge on any atom is -0.481 e. The molecule has 2 rings (SSSR count). The van der Waals surface area contributed by atoms with Crippen molar-refractivity contribution < 1.29 is 19.4 Å². The van der Waals surface area contributed by atoms with E-state index in [9.17, 15) is 4.79 Å². The van der Waals surface area contributed by atoms with Crippen LogP contribution in [0.2, 0.25) is 0 Å². The zero-order chi connectivity index (χ0) is 19.3. The van der Waals surface area contributed by atoms with Crippen LogP contribution in [0.4, 0.5) is 0 Å². The van der Waals surface area contributed by atoms with Gasteiger partial charge in [-0.2, -0.15) is 0 Å². The smallest absolute Gasteiger partial charge is 0.303 e. The lowest BCUT2D eigenvalue weighted by Gasteiger charge is -2.27. The molecule has 1 N–H and O–H groups in total. The Morgan fingerprint density at radius 3 is 2.48 bits per heavy atom. The number of carboxylic acid groups (broad SMARTS) is 1. The predicted molar refractivity (Wildman–Crippen MR) is 109 cm³/mol. The molecule has 0 aromatic heterocycles. The molecule has 2 saturated heterocycles. The third-order valence-corrected chi connectivity index (χ3v) is 6.15. The lowest BCUT2D eigenvalue weighted by molar-refractivity contribution is -0.137. The molecule has 2 aliphatic heterocycles. The van der Waals surface area contributed by atoms with Gasteiger partial charge in [0.25, 0.3) is 0 Å². The van der Waals surface area contributed by atoms with Crippen LogP contribution in [-0.4, -0.2) is 36.5 Å². The molecule has 4 heteroatoms. The van der Waals surface area contributed by atoms with Gasteiger partial charge in [0, 0.05) is 19.6 Å². The fourth-order valence-electron chi connectivity index (χ4n) is 4.66. The molecule has 2 fully saturated rings. The molecular weight excluding hydrogens is 340 g/mol. The number of rotatable bonds is 16. The third kappa shape index (κ3) is 8.35. The van der Waals surface area contributed by atoms with Gasteiger partial charge in [0.15, 0.2) is 0 Å². The first-order valence-corrected chi connectivity index (χ1v) is 11.3. The van der Waals surface area contributed by atoms with E-state index in [2.05, 4.69) is 19.1 Å². The average molecular weight is 381 g/mol. The van der Waals surface area contributed by atoms with Gasteiger partial charge in [-0.15, -0.1) is 0 Å². The molecule has 2 aliphatic rings. The van der Waals surface area contributed by atoms with E-state index in [-0.39, 0.29) is 6.42 Å². The Balaban J connectivity index is 1.57. The van der Waals surface area contributed by atoms with Crippen LogP contribution in [0.15, 0.2) is 12.2 Å². The van der Waals surface area contributed by atoms with Crippen molar-refractivity contribution >= 4 is 5.97 Å². The number of hydrogen-bond acceptors (Lipinski definition) is 3. The Morgan fingerprint density at radius 1 is 1.00 bits per heavy atom. The molecule has 0 aromatic rings. The number of aliphatic carboxylic acids is 1. The molecule has 0 aromatic carbocycles. The maximum absolute atomic E-state index is 10.5. The summed E-state index contributed by atoms with van der Waals surface area (Å²) in [5.74, 6) is 0.668. The average Bonchev–Trinajstić information content (AvgIpc) is 3.25. The monoisotopic (exact) mass is 380 g/mol. The molecule has 27 heavy (non-hydrogen) atoms. The zero-order valence-electron chi connectivity index (χ0n) is 17.2. The van der Waals surface area contributed by atoms with E-state index in [1.54, 1.807) is 0 Å². The molecule has 0 amide bonds. The third-order valence-electron chi connectivity index (χ3n) is 6.15. The largest absolute Gasteiger partial charge is 0.481 e. The topological polar surface area (TPSA) is 55.8 Å². The number of hydrogen-bond donors (Lipinski definition) is 1. The van der Waals surface area contributed by atoms with Crippen LogP contribution in [0.25, 0.3) is 0 Å². The first-order valence-electron chi connectivity index (χ1n) is 11.3. The summed E-state index contributed by atoms with van der Waals surface area (Å²) in [7, 11) is 0. The van der Waals surface area contributed by atoms with Crippen LogP contribution >= 0.6 is 0 Å². The summed E-state index contributed by atoms with van der Waals surface area (Å²) in [5, 5.41) is 8.68. The molecule has 0 saturated carbocycles. The van der Waals surface area contributed by atoms with Crippen LogP contribution in [0.5, 0.6) is 0 Å². The summed E-state index contributed by atoms with van der Waals surface area (Å²) in [6.45, 7) is 4.07. The molecule has 156 valence electrons. The van der Waals surface area contributed by atoms with Gasteiger partial charge >= 0.3 is 5.97 Å². The van der Waals surface area contributed by atoms with E-state index in [1.165, 1.54) is 57.8 Å². The van der Waals surface area contributed by atoms with Crippen LogP contribution in [0.3, 0.4) is 0 Å². The van der Waals surface area contributed by atoms with Gasteiger partial charge in [-0.05, 0) is 63.2 Å². The standard InChI is InChI=1S/C23H40O4/c1-2-3-4-10-17-26-18-11-9-13-20-19(21-15-16-22(20)27-21)12-7-5-6-8-14-23(24)25/h5,7,19-22H,2-4,6,8-18H2,1H3,(H,24,25)/b7-5-/t19-,20+,21-,22+/m0/s1. The van der Waals surface area contributed by atoms with Crippen molar-refractivity contribution in [1.82, 2.24) is 0 Å². The Hall–Kier alpha value is -0.870. The molecule has 0 spiro atoms. The lowest BCUT2D eigenvalue weighted by Crippen LogP contribution is -2.26.